The Morgan fingerprint density at radius 2 is 1.48 bits per heavy atom. The van der Waals surface area contributed by atoms with Gasteiger partial charge in [-0.1, -0.05) is 53.7 Å². The van der Waals surface area contributed by atoms with Gasteiger partial charge < -0.3 is 9.42 Å². The van der Waals surface area contributed by atoms with Gasteiger partial charge in [0.25, 0.3) is 14.3 Å². The van der Waals surface area contributed by atoms with Crippen molar-refractivity contribution in [3.63, 3.8) is 0 Å². The van der Waals surface area contributed by atoms with Gasteiger partial charge >= 0.3 is 0 Å². The lowest BCUT2D eigenvalue weighted by Gasteiger charge is -2.44. The van der Waals surface area contributed by atoms with Gasteiger partial charge in [0.1, 0.15) is 0 Å². The van der Waals surface area contributed by atoms with Crippen molar-refractivity contribution in [3.05, 3.63) is 29.8 Å². The molecule has 1 N–H and O–H groups in total. The first-order valence-corrected chi connectivity index (χ1v) is 9.40. The third-order valence-electron chi connectivity index (χ3n) is 3.95. The van der Waals surface area contributed by atoms with E-state index >= 15 is 4.11 Å². The Morgan fingerprint density at radius 1 is 1.05 bits per heavy atom. The van der Waals surface area contributed by atoms with Crippen molar-refractivity contribution in [2.75, 3.05) is 6.54 Å². The number of amides is 1. The van der Waals surface area contributed by atoms with E-state index in [4.69, 9.17) is 0 Å². The monoisotopic (exact) mass is 309 g/mol. The first-order valence-electron chi connectivity index (χ1n) is 7.53. The molecule has 0 aromatic heterocycles. The lowest BCUT2D eigenvalue weighted by molar-refractivity contribution is 0.0956. The summed E-state index contributed by atoms with van der Waals surface area (Å²) in [6, 6.07) is 7.07. The number of nitrogens with one attached hydrogen (secondary N) is 1. The van der Waals surface area contributed by atoms with Crippen molar-refractivity contribution in [1.29, 1.82) is 0 Å². The van der Waals surface area contributed by atoms with Crippen LogP contribution in [-0.4, -0.2) is 20.9 Å². The van der Waals surface area contributed by atoms with Crippen molar-refractivity contribution >= 4 is 19.5 Å². The molecule has 0 saturated carbocycles. The van der Waals surface area contributed by atoms with Gasteiger partial charge in [0.05, 0.1) is 0 Å². The molecule has 0 aliphatic carbocycles. The summed E-state index contributed by atoms with van der Waals surface area (Å²) < 4.78 is 16.1. The quantitative estimate of drug-likeness (QED) is 0.659. The molecule has 1 rings (SSSR count). The highest BCUT2D eigenvalue weighted by molar-refractivity contribution is 6.90. The molecule has 0 aliphatic rings. The minimum Gasteiger partial charge on any atom is -0.352 e. The van der Waals surface area contributed by atoms with E-state index in [0.717, 1.165) is 5.19 Å². The summed E-state index contributed by atoms with van der Waals surface area (Å²) in [6.45, 7) is 14.3. The van der Waals surface area contributed by atoms with Gasteiger partial charge in [0.15, 0.2) is 0 Å². The summed E-state index contributed by atoms with van der Waals surface area (Å²) in [7, 11) is -3.24. The smallest absolute Gasteiger partial charge is 0.288 e. The zero-order valence-electron chi connectivity index (χ0n) is 14.3. The average molecular weight is 310 g/mol. The van der Waals surface area contributed by atoms with E-state index in [1.165, 1.54) is 0 Å². The molecule has 2 nitrogen and oxygen atoms in total. The Balaban J connectivity index is 3.27. The standard InChI is InChI=1S/C17H28FNOSi/c1-8-19-15(20)13-9-11-14(12-10-13)21(18,16(2,3)4)17(5,6)7/h9-12H,8H2,1-7H3,(H,19,20). The minimum atomic E-state index is -3.24. The minimum absolute atomic E-state index is 0.110. The summed E-state index contributed by atoms with van der Waals surface area (Å²) in [5.74, 6) is -0.110. The second-order valence-electron chi connectivity index (χ2n) is 7.60. The highest BCUT2D eigenvalue weighted by Crippen LogP contribution is 2.51. The van der Waals surface area contributed by atoms with E-state index < -0.39 is 18.5 Å². The Labute approximate surface area is 129 Å². The summed E-state index contributed by atoms with van der Waals surface area (Å²) in [6.07, 6.45) is 0. The molecule has 1 aromatic carbocycles. The van der Waals surface area contributed by atoms with Crippen LogP contribution in [0.25, 0.3) is 0 Å². The average Bonchev–Trinajstić information content (AvgIpc) is 2.35. The predicted octanol–water partition coefficient (Wildman–Crippen LogP) is 4.16. The van der Waals surface area contributed by atoms with Gasteiger partial charge in [-0.25, -0.2) is 0 Å². The zero-order chi connectivity index (χ0) is 16.5. The molecule has 21 heavy (non-hydrogen) atoms. The van der Waals surface area contributed by atoms with Crippen LogP contribution in [0.5, 0.6) is 0 Å². The highest BCUT2D eigenvalue weighted by atomic mass is 28.4. The molecular weight excluding hydrogens is 281 g/mol. The fraction of sp³-hybridized carbons (Fsp3) is 0.588. The van der Waals surface area contributed by atoms with E-state index in [-0.39, 0.29) is 5.91 Å². The summed E-state index contributed by atoms with van der Waals surface area (Å²) >= 11 is 0. The molecule has 0 aliphatic heterocycles. The molecule has 1 amide bonds. The fourth-order valence-corrected chi connectivity index (χ4v) is 7.71. The van der Waals surface area contributed by atoms with Gasteiger partial charge in [0.2, 0.25) is 0 Å². The van der Waals surface area contributed by atoms with Crippen LogP contribution in [0.4, 0.5) is 4.11 Å². The lowest BCUT2D eigenvalue weighted by atomic mass is 10.2. The SMILES string of the molecule is CCNC(=O)c1ccc([Si](F)(C(C)(C)C)C(C)(C)C)cc1. The van der Waals surface area contributed by atoms with Crippen molar-refractivity contribution in [2.24, 2.45) is 0 Å². The molecule has 0 heterocycles. The maximum absolute atomic E-state index is 16.1. The number of halogens is 1. The molecule has 0 unspecified atom stereocenters. The molecule has 0 atom stereocenters. The normalized spacial score (nSPS) is 13.1. The molecule has 0 fully saturated rings. The number of carbonyl (C=O) groups is 1. The van der Waals surface area contributed by atoms with Gasteiger partial charge in [-0.2, -0.15) is 0 Å². The van der Waals surface area contributed by atoms with Crippen LogP contribution >= 0.6 is 0 Å². The Morgan fingerprint density at radius 3 is 1.81 bits per heavy atom. The van der Waals surface area contributed by atoms with Crippen molar-refractivity contribution in [2.45, 2.75) is 58.5 Å². The number of hydrogen-bond acceptors (Lipinski definition) is 1. The van der Waals surface area contributed by atoms with Crippen molar-refractivity contribution in [3.8, 4) is 0 Å². The molecule has 118 valence electrons. The van der Waals surface area contributed by atoms with Crippen LogP contribution in [0.2, 0.25) is 10.1 Å². The molecule has 0 saturated heterocycles. The molecule has 4 heteroatoms. The van der Waals surface area contributed by atoms with Gasteiger partial charge in [-0.05, 0) is 34.3 Å². The molecule has 0 radical (unpaired) electrons. The van der Waals surface area contributed by atoms with E-state index in [0.29, 0.717) is 12.1 Å². The van der Waals surface area contributed by atoms with Gasteiger partial charge in [-0.15, -0.1) is 0 Å². The number of hydrogen-bond donors (Lipinski definition) is 1. The summed E-state index contributed by atoms with van der Waals surface area (Å²) in [5.41, 5.74) is 0.583. The van der Waals surface area contributed by atoms with Gasteiger partial charge in [-0.3, -0.25) is 4.79 Å². The van der Waals surface area contributed by atoms with Crippen molar-refractivity contribution in [1.82, 2.24) is 5.32 Å². The van der Waals surface area contributed by atoms with Crippen LogP contribution in [0.15, 0.2) is 24.3 Å². The molecule has 0 spiro atoms. The second-order valence-corrected chi connectivity index (χ2v) is 12.5. The molecule has 0 bridgehead atoms. The van der Waals surface area contributed by atoms with E-state index in [1.807, 2.05) is 48.5 Å². The van der Waals surface area contributed by atoms with E-state index in [2.05, 4.69) is 5.32 Å². The fourth-order valence-electron chi connectivity index (χ4n) is 3.10. The largest absolute Gasteiger partial charge is 0.352 e. The predicted molar refractivity (Wildman–Crippen MR) is 90.4 cm³/mol. The lowest BCUT2D eigenvalue weighted by Crippen LogP contribution is -2.57. The zero-order valence-corrected chi connectivity index (χ0v) is 15.3. The Kier molecular flexibility index (Phi) is 5.04. The maximum atomic E-state index is 16.1. The Bertz CT molecular complexity index is 483. The maximum Gasteiger partial charge on any atom is 0.288 e. The third kappa shape index (κ3) is 3.36. The molecule has 1 aromatic rings. The third-order valence-corrected chi connectivity index (χ3v) is 9.21. The number of carbonyl (C=O) groups excluding carboxylic acids is 1. The van der Waals surface area contributed by atoms with Crippen LogP contribution in [0, 0.1) is 0 Å². The number of benzene rings is 1. The topological polar surface area (TPSA) is 29.1 Å². The second kappa shape index (κ2) is 5.91. The summed E-state index contributed by atoms with van der Waals surface area (Å²) in [5, 5.41) is 2.71. The van der Waals surface area contributed by atoms with Crippen LogP contribution < -0.4 is 10.5 Å². The van der Waals surface area contributed by atoms with Crippen LogP contribution in [0.1, 0.15) is 58.8 Å². The first kappa shape index (κ1) is 17.9. The van der Waals surface area contributed by atoms with E-state index in [9.17, 15) is 4.79 Å². The highest BCUT2D eigenvalue weighted by Gasteiger charge is 2.56. The first-order chi connectivity index (χ1) is 9.45. The van der Waals surface area contributed by atoms with Crippen LogP contribution in [-0.2, 0) is 0 Å². The molecular formula is C17H28FNOSi. The summed E-state index contributed by atoms with van der Waals surface area (Å²) in [4.78, 5) is 11.8. The number of rotatable bonds is 3. The van der Waals surface area contributed by atoms with Gasteiger partial charge in [0, 0.05) is 12.1 Å². The van der Waals surface area contributed by atoms with E-state index in [1.54, 1.807) is 24.3 Å². The van der Waals surface area contributed by atoms with Crippen molar-refractivity contribution < 1.29 is 8.90 Å². The Hall–Kier alpha value is -1.16. The van der Waals surface area contributed by atoms with Crippen LogP contribution in [0.3, 0.4) is 0 Å².